The van der Waals surface area contributed by atoms with Crippen LogP contribution in [0.1, 0.15) is 43.5 Å². The zero-order valence-electron chi connectivity index (χ0n) is 16.8. The number of amides is 1. The molecule has 3 N–H and O–H groups in total. The van der Waals surface area contributed by atoms with E-state index in [1.54, 1.807) is 24.0 Å². The molecule has 0 bridgehead atoms. The van der Waals surface area contributed by atoms with Gasteiger partial charge in [0, 0.05) is 25.4 Å². The van der Waals surface area contributed by atoms with E-state index in [1.165, 1.54) is 0 Å². The SMILES string of the molecule is CNc1cc(Nc2cccnc2OC(C)C)nc2c(C(=O)NC3CCC3)cnn12. The predicted octanol–water partition coefficient (Wildman–Crippen LogP) is 2.98. The maximum Gasteiger partial charge on any atom is 0.256 e. The lowest BCUT2D eigenvalue weighted by atomic mass is 9.93. The summed E-state index contributed by atoms with van der Waals surface area (Å²) in [6, 6.07) is 5.76. The van der Waals surface area contributed by atoms with Gasteiger partial charge in [-0.25, -0.2) is 9.97 Å². The molecule has 9 nitrogen and oxygen atoms in total. The Morgan fingerprint density at radius 2 is 2.17 bits per heavy atom. The van der Waals surface area contributed by atoms with Crippen LogP contribution in [-0.2, 0) is 0 Å². The lowest BCUT2D eigenvalue weighted by Gasteiger charge is -2.26. The van der Waals surface area contributed by atoms with Crippen molar-refractivity contribution < 1.29 is 9.53 Å². The lowest BCUT2D eigenvalue weighted by Crippen LogP contribution is -2.39. The van der Waals surface area contributed by atoms with E-state index in [4.69, 9.17) is 4.74 Å². The number of hydrogen-bond donors (Lipinski definition) is 3. The number of pyridine rings is 1. The van der Waals surface area contributed by atoms with Crippen LogP contribution in [0.3, 0.4) is 0 Å². The van der Waals surface area contributed by atoms with Crippen LogP contribution in [0.25, 0.3) is 5.65 Å². The Hall–Kier alpha value is -3.36. The van der Waals surface area contributed by atoms with E-state index in [0.29, 0.717) is 34.4 Å². The number of aromatic nitrogens is 4. The first-order valence-corrected chi connectivity index (χ1v) is 9.81. The van der Waals surface area contributed by atoms with Crippen molar-refractivity contribution in [2.45, 2.75) is 45.3 Å². The second kappa shape index (κ2) is 7.94. The van der Waals surface area contributed by atoms with Gasteiger partial charge >= 0.3 is 0 Å². The summed E-state index contributed by atoms with van der Waals surface area (Å²) in [4.78, 5) is 21.6. The maximum atomic E-state index is 12.7. The smallest absolute Gasteiger partial charge is 0.256 e. The molecule has 0 radical (unpaired) electrons. The van der Waals surface area contributed by atoms with Crippen molar-refractivity contribution in [1.82, 2.24) is 24.9 Å². The number of rotatable bonds is 7. The number of ether oxygens (including phenoxy) is 1. The van der Waals surface area contributed by atoms with Gasteiger partial charge in [-0.3, -0.25) is 4.79 Å². The number of anilines is 3. The highest BCUT2D eigenvalue weighted by Crippen LogP contribution is 2.27. The van der Waals surface area contributed by atoms with Gasteiger partial charge in [0.15, 0.2) is 5.65 Å². The first kappa shape index (κ1) is 19.0. The molecule has 0 spiro atoms. The molecule has 3 aromatic heterocycles. The second-order valence-electron chi connectivity index (χ2n) is 7.32. The lowest BCUT2D eigenvalue weighted by molar-refractivity contribution is 0.0918. The highest BCUT2D eigenvalue weighted by molar-refractivity contribution is 6.00. The van der Waals surface area contributed by atoms with E-state index < -0.39 is 0 Å². The monoisotopic (exact) mass is 395 g/mol. The van der Waals surface area contributed by atoms with E-state index in [0.717, 1.165) is 19.3 Å². The summed E-state index contributed by atoms with van der Waals surface area (Å²) in [6.45, 7) is 3.89. The van der Waals surface area contributed by atoms with E-state index in [1.807, 2.05) is 32.0 Å². The van der Waals surface area contributed by atoms with Crippen LogP contribution in [0, 0.1) is 0 Å². The fourth-order valence-electron chi connectivity index (χ4n) is 3.12. The van der Waals surface area contributed by atoms with Crippen LogP contribution < -0.4 is 20.7 Å². The molecule has 0 aromatic carbocycles. The Morgan fingerprint density at radius 3 is 2.86 bits per heavy atom. The third-order valence-electron chi connectivity index (χ3n) is 4.79. The highest BCUT2D eigenvalue weighted by Gasteiger charge is 2.23. The summed E-state index contributed by atoms with van der Waals surface area (Å²) in [5.74, 6) is 1.60. The fourth-order valence-corrected chi connectivity index (χ4v) is 3.12. The van der Waals surface area contributed by atoms with Crippen molar-refractivity contribution in [2.24, 2.45) is 0 Å². The Morgan fingerprint density at radius 1 is 1.34 bits per heavy atom. The van der Waals surface area contributed by atoms with Crippen molar-refractivity contribution in [3.05, 3.63) is 36.2 Å². The molecule has 0 aliphatic heterocycles. The summed E-state index contributed by atoms with van der Waals surface area (Å²) in [5.41, 5.74) is 1.62. The summed E-state index contributed by atoms with van der Waals surface area (Å²) in [7, 11) is 1.80. The van der Waals surface area contributed by atoms with E-state index >= 15 is 0 Å². The molecule has 0 atom stereocenters. The number of carbonyl (C=O) groups is 1. The number of carbonyl (C=O) groups excluding carboxylic acids is 1. The van der Waals surface area contributed by atoms with Gasteiger partial charge in [0.05, 0.1) is 12.3 Å². The number of fused-ring (bicyclic) bond motifs is 1. The van der Waals surface area contributed by atoms with Gasteiger partial charge in [0.2, 0.25) is 5.88 Å². The standard InChI is InChI=1S/C20H25N7O2/c1-12(2)29-20-15(8-5-9-22-20)25-16-10-17(21-3)27-18(26-16)14(11-23-27)19(28)24-13-6-4-7-13/h5,8-13,21H,4,6-7H2,1-3H3,(H,24,28)(H,25,26). The molecule has 9 heteroatoms. The Kier molecular flexibility index (Phi) is 5.20. The fraction of sp³-hybridized carbons (Fsp3) is 0.400. The van der Waals surface area contributed by atoms with Crippen LogP contribution >= 0.6 is 0 Å². The zero-order chi connectivity index (χ0) is 20.4. The summed E-state index contributed by atoms with van der Waals surface area (Å²) >= 11 is 0. The Labute approximate surface area is 168 Å². The van der Waals surface area contributed by atoms with Gasteiger partial charge in [-0.05, 0) is 45.2 Å². The van der Waals surface area contributed by atoms with Crippen LogP contribution in [0.2, 0.25) is 0 Å². The average Bonchev–Trinajstić information content (AvgIpc) is 3.09. The van der Waals surface area contributed by atoms with Gasteiger partial charge in [-0.1, -0.05) is 0 Å². The van der Waals surface area contributed by atoms with E-state index in [9.17, 15) is 4.79 Å². The molecule has 1 aliphatic rings. The number of nitrogens with one attached hydrogen (secondary N) is 3. The van der Waals surface area contributed by atoms with Crippen LogP contribution in [-0.4, -0.2) is 44.7 Å². The van der Waals surface area contributed by atoms with Gasteiger partial charge in [-0.2, -0.15) is 9.61 Å². The molecule has 1 saturated carbocycles. The molecule has 1 fully saturated rings. The van der Waals surface area contributed by atoms with Gasteiger partial charge in [0.25, 0.3) is 5.91 Å². The largest absolute Gasteiger partial charge is 0.473 e. The van der Waals surface area contributed by atoms with Crippen molar-refractivity contribution in [2.75, 3.05) is 17.7 Å². The van der Waals surface area contributed by atoms with Crippen molar-refractivity contribution in [3.8, 4) is 5.88 Å². The van der Waals surface area contributed by atoms with E-state index in [-0.39, 0.29) is 18.1 Å². The third-order valence-corrected chi connectivity index (χ3v) is 4.79. The quantitative estimate of drug-likeness (QED) is 0.565. The Balaban J connectivity index is 1.68. The van der Waals surface area contributed by atoms with Crippen molar-refractivity contribution >= 4 is 28.9 Å². The summed E-state index contributed by atoms with van der Waals surface area (Å²) in [6.07, 6.45) is 6.42. The zero-order valence-corrected chi connectivity index (χ0v) is 16.8. The van der Waals surface area contributed by atoms with Crippen LogP contribution in [0.4, 0.5) is 17.3 Å². The molecule has 3 heterocycles. The third kappa shape index (κ3) is 3.94. The molecule has 0 unspecified atom stereocenters. The van der Waals surface area contributed by atoms with Crippen molar-refractivity contribution in [1.29, 1.82) is 0 Å². The molecule has 1 aliphatic carbocycles. The van der Waals surface area contributed by atoms with Crippen LogP contribution in [0.5, 0.6) is 5.88 Å². The van der Waals surface area contributed by atoms with E-state index in [2.05, 4.69) is 31.0 Å². The average molecular weight is 395 g/mol. The normalized spacial score (nSPS) is 13.9. The second-order valence-corrected chi connectivity index (χ2v) is 7.32. The van der Waals surface area contributed by atoms with Crippen molar-refractivity contribution in [3.63, 3.8) is 0 Å². The minimum atomic E-state index is -0.151. The molecular weight excluding hydrogens is 370 g/mol. The Bertz CT molecular complexity index is 1030. The summed E-state index contributed by atoms with van der Waals surface area (Å²) in [5, 5.41) is 13.7. The topological polar surface area (TPSA) is 105 Å². The molecule has 4 rings (SSSR count). The first-order valence-electron chi connectivity index (χ1n) is 9.81. The first-order chi connectivity index (χ1) is 14.0. The summed E-state index contributed by atoms with van der Waals surface area (Å²) < 4.78 is 7.39. The minimum absolute atomic E-state index is 0.00890. The minimum Gasteiger partial charge on any atom is -0.473 e. The highest BCUT2D eigenvalue weighted by atomic mass is 16.5. The number of hydrogen-bond acceptors (Lipinski definition) is 7. The molecule has 1 amide bonds. The molecule has 29 heavy (non-hydrogen) atoms. The van der Waals surface area contributed by atoms with Gasteiger partial charge in [0.1, 0.15) is 22.9 Å². The molecule has 3 aromatic rings. The predicted molar refractivity (Wildman–Crippen MR) is 111 cm³/mol. The van der Waals surface area contributed by atoms with Crippen LogP contribution in [0.15, 0.2) is 30.6 Å². The number of nitrogens with zero attached hydrogens (tertiary/aromatic N) is 4. The van der Waals surface area contributed by atoms with Gasteiger partial charge < -0.3 is 20.7 Å². The molecule has 0 saturated heterocycles. The molecular formula is C20H25N7O2. The molecule has 152 valence electrons. The van der Waals surface area contributed by atoms with Gasteiger partial charge in [-0.15, -0.1) is 0 Å². The maximum absolute atomic E-state index is 12.7.